The molecule has 0 unspecified atom stereocenters. The quantitative estimate of drug-likeness (QED) is 0.356. The topological polar surface area (TPSA) is 58.6 Å². The first-order valence-electron chi connectivity index (χ1n) is 12.4. The van der Waals surface area contributed by atoms with Gasteiger partial charge in [-0.3, -0.25) is 9.59 Å². The van der Waals surface area contributed by atoms with Crippen LogP contribution >= 0.6 is 15.9 Å². The molecule has 1 fully saturated rings. The van der Waals surface area contributed by atoms with Gasteiger partial charge in [0.25, 0.3) is 5.91 Å². The number of nitrogens with zero attached hydrogens (tertiary/aromatic N) is 1. The van der Waals surface area contributed by atoms with Crippen molar-refractivity contribution in [3.8, 4) is 5.75 Å². The summed E-state index contributed by atoms with van der Waals surface area (Å²) in [6, 6.07) is 19.6. The Labute approximate surface area is 216 Å². The molecule has 1 aliphatic rings. The molecule has 1 aliphatic carbocycles. The summed E-state index contributed by atoms with van der Waals surface area (Å²) in [5.74, 6) is 0.322. The van der Waals surface area contributed by atoms with Crippen LogP contribution in [0.1, 0.15) is 50.2 Å². The Kier molecular flexibility index (Phi) is 8.45. The molecular formula is C29H33BrN2O3. The summed E-state index contributed by atoms with van der Waals surface area (Å²) in [7, 11) is 0. The highest BCUT2D eigenvalue weighted by atomic mass is 79.9. The van der Waals surface area contributed by atoms with Crippen molar-refractivity contribution in [3.05, 3.63) is 76.3 Å². The van der Waals surface area contributed by atoms with E-state index in [1.807, 2.05) is 68.4 Å². The summed E-state index contributed by atoms with van der Waals surface area (Å²) in [6.07, 6.45) is 4.83. The Morgan fingerprint density at radius 3 is 2.60 bits per heavy atom. The molecular weight excluding hydrogens is 504 g/mol. The van der Waals surface area contributed by atoms with Crippen LogP contribution in [0.4, 0.5) is 0 Å². The van der Waals surface area contributed by atoms with E-state index >= 15 is 0 Å². The van der Waals surface area contributed by atoms with Gasteiger partial charge in [0, 0.05) is 12.6 Å². The molecule has 1 N–H and O–H groups in total. The second kappa shape index (κ2) is 11.7. The SMILES string of the molecule is CC[C@@H](C(=O)NC1CCCC1)N(Cc1cccc(C)c1)C(=O)COc1ccc2ccccc2c1Br. The number of amides is 2. The number of ether oxygens (including phenoxy) is 1. The van der Waals surface area contributed by atoms with Crippen LogP contribution in [0.2, 0.25) is 0 Å². The van der Waals surface area contributed by atoms with Gasteiger partial charge in [-0.05, 0) is 64.5 Å². The van der Waals surface area contributed by atoms with Crippen molar-refractivity contribution in [2.45, 2.75) is 64.6 Å². The fraction of sp³-hybridized carbons (Fsp3) is 0.379. The third-order valence-electron chi connectivity index (χ3n) is 6.70. The third-order valence-corrected chi connectivity index (χ3v) is 7.52. The van der Waals surface area contributed by atoms with Crippen LogP contribution in [0, 0.1) is 6.92 Å². The summed E-state index contributed by atoms with van der Waals surface area (Å²) in [5, 5.41) is 5.30. The van der Waals surface area contributed by atoms with Crippen LogP contribution in [0.25, 0.3) is 10.8 Å². The number of halogens is 1. The van der Waals surface area contributed by atoms with Crippen molar-refractivity contribution in [3.63, 3.8) is 0 Å². The average molecular weight is 537 g/mol. The van der Waals surface area contributed by atoms with Gasteiger partial charge in [0.15, 0.2) is 6.61 Å². The summed E-state index contributed by atoms with van der Waals surface area (Å²) < 4.78 is 6.81. The van der Waals surface area contributed by atoms with Crippen LogP contribution in [-0.2, 0) is 16.1 Å². The first-order valence-corrected chi connectivity index (χ1v) is 13.2. The van der Waals surface area contributed by atoms with Gasteiger partial charge in [0.05, 0.1) is 4.47 Å². The number of rotatable bonds is 9. The molecule has 2 amide bonds. The summed E-state index contributed by atoms with van der Waals surface area (Å²) in [4.78, 5) is 28.5. The second-order valence-corrected chi connectivity index (χ2v) is 10.1. The largest absolute Gasteiger partial charge is 0.483 e. The zero-order valence-corrected chi connectivity index (χ0v) is 22.0. The van der Waals surface area contributed by atoms with Gasteiger partial charge in [-0.2, -0.15) is 0 Å². The maximum Gasteiger partial charge on any atom is 0.261 e. The monoisotopic (exact) mass is 536 g/mol. The lowest BCUT2D eigenvalue weighted by Gasteiger charge is -2.31. The number of benzene rings is 3. The van der Waals surface area contributed by atoms with E-state index in [4.69, 9.17) is 4.74 Å². The fourth-order valence-corrected chi connectivity index (χ4v) is 5.45. The van der Waals surface area contributed by atoms with Gasteiger partial charge < -0.3 is 15.0 Å². The molecule has 0 spiro atoms. The normalized spacial score (nSPS) is 14.6. The number of carbonyl (C=O) groups is 2. The predicted octanol–water partition coefficient (Wildman–Crippen LogP) is 6.16. The van der Waals surface area contributed by atoms with E-state index in [0.29, 0.717) is 18.7 Å². The minimum atomic E-state index is -0.549. The smallest absolute Gasteiger partial charge is 0.261 e. The number of aryl methyl sites for hydroxylation is 1. The summed E-state index contributed by atoms with van der Waals surface area (Å²) >= 11 is 3.63. The molecule has 0 heterocycles. The summed E-state index contributed by atoms with van der Waals surface area (Å²) in [5.41, 5.74) is 2.12. The molecule has 184 valence electrons. The van der Waals surface area contributed by atoms with Gasteiger partial charge in [-0.1, -0.05) is 79.9 Å². The van der Waals surface area contributed by atoms with Gasteiger partial charge in [-0.25, -0.2) is 0 Å². The van der Waals surface area contributed by atoms with Crippen LogP contribution in [0.5, 0.6) is 5.75 Å². The van der Waals surface area contributed by atoms with Crippen molar-refractivity contribution >= 4 is 38.5 Å². The van der Waals surface area contributed by atoms with Crippen molar-refractivity contribution in [1.29, 1.82) is 0 Å². The molecule has 3 aromatic rings. The molecule has 35 heavy (non-hydrogen) atoms. The van der Waals surface area contributed by atoms with E-state index in [-0.39, 0.29) is 24.5 Å². The van der Waals surface area contributed by atoms with E-state index in [1.165, 1.54) is 0 Å². The standard InChI is InChI=1S/C29H33BrN2O3/c1-3-25(29(34)31-23-12-5-6-13-23)32(18-21-10-8-9-20(2)17-21)27(33)19-35-26-16-15-22-11-4-7-14-24(22)28(26)30/h4,7-11,14-17,23,25H,3,5-6,12-13,18-19H2,1-2H3,(H,31,34)/t25-/m0/s1. The zero-order chi connectivity index (χ0) is 24.8. The Bertz CT molecular complexity index is 1190. The second-order valence-electron chi connectivity index (χ2n) is 9.31. The number of hydrogen-bond acceptors (Lipinski definition) is 3. The lowest BCUT2D eigenvalue weighted by atomic mass is 10.1. The van der Waals surface area contributed by atoms with E-state index in [9.17, 15) is 9.59 Å². The fourth-order valence-electron chi connectivity index (χ4n) is 4.84. The maximum atomic E-state index is 13.5. The molecule has 0 aliphatic heterocycles. The number of hydrogen-bond donors (Lipinski definition) is 1. The maximum absolute atomic E-state index is 13.5. The molecule has 5 nitrogen and oxygen atoms in total. The molecule has 0 radical (unpaired) electrons. The average Bonchev–Trinajstić information content (AvgIpc) is 3.36. The first kappa shape index (κ1) is 25.2. The van der Waals surface area contributed by atoms with Crippen LogP contribution < -0.4 is 10.1 Å². The van der Waals surface area contributed by atoms with Gasteiger partial charge >= 0.3 is 0 Å². The Morgan fingerprint density at radius 1 is 1.09 bits per heavy atom. The third kappa shape index (κ3) is 6.23. The van der Waals surface area contributed by atoms with Crippen molar-refractivity contribution in [2.75, 3.05) is 6.61 Å². The highest BCUT2D eigenvalue weighted by Crippen LogP contribution is 2.33. The predicted molar refractivity (Wildman–Crippen MR) is 143 cm³/mol. The van der Waals surface area contributed by atoms with E-state index < -0.39 is 6.04 Å². The van der Waals surface area contributed by atoms with E-state index in [0.717, 1.165) is 52.1 Å². The van der Waals surface area contributed by atoms with E-state index in [1.54, 1.807) is 4.90 Å². The van der Waals surface area contributed by atoms with E-state index in [2.05, 4.69) is 27.3 Å². The number of fused-ring (bicyclic) bond motifs is 1. The Balaban J connectivity index is 1.53. The van der Waals surface area contributed by atoms with Gasteiger partial charge in [0.2, 0.25) is 5.91 Å². The highest BCUT2D eigenvalue weighted by molar-refractivity contribution is 9.10. The first-order chi connectivity index (χ1) is 17.0. The molecule has 0 aromatic heterocycles. The summed E-state index contributed by atoms with van der Waals surface area (Å²) in [6.45, 7) is 4.20. The molecule has 3 aromatic carbocycles. The highest BCUT2D eigenvalue weighted by Gasteiger charge is 2.31. The molecule has 1 atom stereocenters. The minimum Gasteiger partial charge on any atom is -0.483 e. The van der Waals surface area contributed by atoms with Gasteiger partial charge in [0.1, 0.15) is 11.8 Å². The van der Waals surface area contributed by atoms with Crippen LogP contribution in [0.15, 0.2) is 65.1 Å². The van der Waals surface area contributed by atoms with Crippen molar-refractivity contribution in [2.24, 2.45) is 0 Å². The minimum absolute atomic E-state index is 0.0766. The molecule has 6 heteroatoms. The van der Waals surface area contributed by atoms with Gasteiger partial charge in [-0.15, -0.1) is 0 Å². The molecule has 4 rings (SSSR count). The lowest BCUT2D eigenvalue weighted by molar-refractivity contribution is -0.143. The zero-order valence-electron chi connectivity index (χ0n) is 20.4. The number of nitrogens with one attached hydrogen (secondary N) is 1. The van der Waals surface area contributed by atoms with Crippen molar-refractivity contribution in [1.82, 2.24) is 10.2 Å². The van der Waals surface area contributed by atoms with Crippen molar-refractivity contribution < 1.29 is 14.3 Å². The van der Waals surface area contributed by atoms with Crippen LogP contribution in [0.3, 0.4) is 0 Å². The Morgan fingerprint density at radius 2 is 1.86 bits per heavy atom. The van der Waals surface area contributed by atoms with Crippen LogP contribution in [-0.4, -0.2) is 35.4 Å². The molecule has 1 saturated carbocycles. The Hall–Kier alpha value is -2.86. The number of carbonyl (C=O) groups excluding carboxylic acids is 2. The molecule has 0 bridgehead atoms. The molecule has 0 saturated heterocycles. The lowest BCUT2D eigenvalue weighted by Crippen LogP contribution is -2.52.